The number of para-hydroxylation sites is 1. The SMILES string of the molecule is C=CCOc1ccccc1[C@@H]1NC(=O)NC(C)=C1C(=O)N1CCNC(=O)C1. The summed E-state index contributed by atoms with van der Waals surface area (Å²) in [4.78, 5) is 38.4. The highest BCUT2D eigenvalue weighted by molar-refractivity contribution is 6.00. The van der Waals surface area contributed by atoms with Gasteiger partial charge in [-0.05, 0) is 13.0 Å². The first-order chi connectivity index (χ1) is 13.0. The molecule has 0 spiro atoms. The topological polar surface area (TPSA) is 99.8 Å². The molecule has 0 bridgehead atoms. The minimum absolute atomic E-state index is 0.00904. The van der Waals surface area contributed by atoms with E-state index in [0.717, 1.165) is 0 Å². The number of piperazine rings is 1. The number of rotatable bonds is 5. The Labute approximate surface area is 157 Å². The Kier molecular flexibility index (Phi) is 5.44. The molecule has 3 rings (SSSR count). The Hall–Kier alpha value is -3.29. The molecule has 2 heterocycles. The van der Waals surface area contributed by atoms with Gasteiger partial charge < -0.3 is 25.6 Å². The van der Waals surface area contributed by atoms with E-state index < -0.39 is 12.1 Å². The number of hydrogen-bond acceptors (Lipinski definition) is 4. The van der Waals surface area contributed by atoms with E-state index in [1.54, 1.807) is 25.1 Å². The van der Waals surface area contributed by atoms with Crippen molar-refractivity contribution in [3.8, 4) is 5.75 Å². The Morgan fingerprint density at radius 2 is 2.15 bits per heavy atom. The summed E-state index contributed by atoms with van der Waals surface area (Å²) in [5.41, 5.74) is 1.51. The quantitative estimate of drug-likeness (QED) is 0.669. The zero-order valence-corrected chi connectivity index (χ0v) is 15.1. The number of nitrogens with zero attached hydrogens (tertiary/aromatic N) is 1. The monoisotopic (exact) mass is 370 g/mol. The molecular formula is C19H22N4O4. The third kappa shape index (κ3) is 3.94. The molecule has 0 aromatic heterocycles. The molecule has 1 atom stereocenters. The van der Waals surface area contributed by atoms with E-state index in [4.69, 9.17) is 4.74 Å². The second-order valence-corrected chi connectivity index (χ2v) is 6.28. The number of ether oxygens (including phenoxy) is 1. The van der Waals surface area contributed by atoms with Crippen LogP contribution >= 0.6 is 0 Å². The number of carbonyl (C=O) groups excluding carboxylic acids is 3. The number of hydrogen-bond donors (Lipinski definition) is 3. The lowest BCUT2D eigenvalue weighted by Crippen LogP contribution is -2.53. The van der Waals surface area contributed by atoms with E-state index in [2.05, 4.69) is 22.5 Å². The van der Waals surface area contributed by atoms with Gasteiger partial charge in [0.15, 0.2) is 0 Å². The van der Waals surface area contributed by atoms with Crippen molar-refractivity contribution in [3.05, 3.63) is 53.8 Å². The van der Waals surface area contributed by atoms with Crippen LogP contribution in [0, 0.1) is 0 Å². The maximum atomic E-state index is 13.2. The molecule has 1 fully saturated rings. The first-order valence-electron chi connectivity index (χ1n) is 8.68. The van der Waals surface area contributed by atoms with Gasteiger partial charge in [-0.1, -0.05) is 30.9 Å². The van der Waals surface area contributed by atoms with Gasteiger partial charge in [-0.25, -0.2) is 4.79 Å². The third-order valence-electron chi connectivity index (χ3n) is 4.41. The number of urea groups is 1. The lowest BCUT2D eigenvalue weighted by molar-refractivity contribution is -0.135. The van der Waals surface area contributed by atoms with Crippen LogP contribution in [0.1, 0.15) is 18.5 Å². The fraction of sp³-hybridized carbons (Fsp3) is 0.316. The fourth-order valence-electron chi connectivity index (χ4n) is 3.19. The first kappa shape index (κ1) is 18.5. The number of nitrogens with one attached hydrogen (secondary N) is 3. The molecule has 0 radical (unpaired) electrons. The van der Waals surface area contributed by atoms with E-state index >= 15 is 0 Å². The van der Waals surface area contributed by atoms with Crippen LogP contribution in [0.2, 0.25) is 0 Å². The van der Waals surface area contributed by atoms with Crippen LogP contribution < -0.4 is 20.7 Å². The molecule has 4 amide bonds. The Morgan fingerprint density at radius 3 is 2.89 bits per heavy atom. The van der Waals surface area contributed by atoms with Gasteiger partial charge in [0.2, 0.25) is 5.91 Å². The van der Waals surface area contributed by atoms with Crippen LogP contribution in [0.15, 0.2) is 48.2 Å². The van der Waals surface area contributed by atoms with Gasteiger partial charge >= 0.3 is 6.03 Å². The second-order valence-electron chi connectivity index (χ2n) is 6.28. The van der Waals surface area contributed by atoms with E-state index in [0.29, 0.717) is 42.3 Å². The van der Waals surface area contributed by atoms with Gasteiger partial charge in [-0.3, -0.25) is 9.59 Å². The van der Waals surface area contributed by atoms with Crippen molar-refractivity contribution in [2.24, 2.45) is 0 Å². The highest BCUT2D eigenvalue weighted by Gasteiger charge is 2.36. The third-order valence-corrected chi connectivity index (χ3v) is 4.41. The number of allylic oxidation sites excluding steroid dienone is 1. The van der Waals surface area contributed by atoms with E-state index in [9.17, 15) is 14.4 Å². The first-order valence-corrected chi connectivity index (χ1v) is 8.68. The molecule has 0 aliphatic carbocycles. The van der Waals surface area contributed by atoms with Crippen LogP contribution in [0.5, 0.6) is 5.75 Å². The Morgan fingerprint density at radius 1 is 1.37 bits per heavy atom. The standard InChI is InChI=1S/C19H22N4O4/c1-3-10-27-14-7-5-4-6-13(14)17-16(12(2)21-19(26)22-17)18(25)23-9-8-20-15(24)11-23/h3-7,17H,1,8-11H2,2H3,(H,20,24)(H2,21,22,26)/t17-/m0/s1. The summed E-state index contributed by atoms with van der Waals surface area (Å²) in [5.74, 6) is 0.0596. The van der Waals surface area contributed by atoms with Crippen molar-refractivity contribution in [2.45, 2.75) is 13.0 Å². The van der Waals surface area contributed by atoms with Crippen LogP contribution in [0.4, 0.5) is 4.79 Å². The van der Waals surface area contributed by atoms with Crippen molar-refractivity contribution in [2.75, 3.05) is 26.2 Å². The molecule has 1 aromatic rings. The molecule has 0 saturated carbocycles. The van der Waals surface area contributed by atoms with Gasteiger partial charge in [-0.15, -0.1) is 0 Å². The molecular weight excluding hydrogens is 348 g/mol. The number of benzene rings is 1. The molecule has 27 heavy (non-hydrogen) atoms. The summed E-state index contributed by atoms with van der Waals surface area (Å²) in [6.07, 6.45) is 1.62. The zero-order chi connectivity index (χ0) is 19.4. The maximum absolute atomic E-state index is 13.2. The van der Waals surface area contributed by atoms with Gasteiger partial charge in [0.25, 0.3) is 5.91 Å². The molecule has 8 heteroatoms. The average molecular weight is 370 g/mol. The average Bonchev–Trinajstić information content (AvgIpc) is 2.65. The van der Waals surface area contributed by atoms with Gasteiger partial charge in [0, 0.05) is 24.4 Å². The molecule has 142 valence electrons. The Balaban J connectivity index is 1.99. The largest absolute Gasteiger partial charge is 0.489 e. The van der Waals surface area contributed by atoms with Gasteiger partial charge in [-0.2, -0.15) is 0 Å². The van der Waals surface area contributed by atoms with Crippen LogP contribution in [-0.2, 0) is 9.59 Å². The fourth-order valence-corrected chi connectivity index (χ4v) is 3.19. The summed E-state index contributed by atoms with van der Waals surface area (Å²) < 4.78 is 5.70. The minimum atomic E-state index is -0.683. The molecule has 2 aliphatic rings. The van der Waals surface area contributed by atoms with Crippen molar-refractivity contribution in [1.29, 1.82) is 0 Å². The van der Waals surface area contributed by atoms with E-state index in [-0.39, 0.29) is 18.4 Å². The van der Waals surface area contributed by atoms with E-state index in [1.165, 1.54) is 4.90 Å². The minimum Gasteiger partial charge on any atom is -0.489 e. The molecule has 3 N–H and O–H groups in total. The lowest BCUT2D eigenvalue weighted by atomic mass is 9.93. The summed E-state index contributed by atoms with van der Waals surface area (Å²) in [6, 6.07) is 6.13. The predicted octanol–water partition coefficient (Wildman–Crippen LogP) is 0.838. The number of amides is 4. The smallest absolute Gasteiger partial charge is 0.319 e. The van der Waals surface area contributed by atoms with Gasteiger partial charge in [0.05, 0.1) is 18.2 Å². The van der Waals surface area contributed by atoms with Crippen molar-refractivity contribution >= 4 is 17.8 Å². The van der Waals surface area contributed by atoms with Gasteiger partial charge in [0.1, 0.15) is 12.4 Å². The summed E-state index contributed by atoms with van der Waals surface area (Å²) in [5, 5.41) is 8.15. The molecule has 8 nitrogen and oxygen atoms in total. The predicted molar refractivity (Wildman–Crippen MR) is 98.8 cm³/mol. The summed E-state index contributed by atoms with van der Waals surface area (Å²) in [7, 11) is 0. The van der Waals surface area contributed by atoms with Crippen LogP contribution in [-0.4, -0.2) is 49.0 Å². The molecule has 1 aromatic carbocycles. The number of carbonyl (C=O) groups is 3. The Bertz CT molecular complexity index is 818. The maximum Gasteiger partial charge on any atom is 0.319 e. The van der Waals surface area contributed by atoms with E-state index in [1.807, 2.05) is 12.1 Å². The highest BCUT2D eigenvalue weighted by Crippen LogP contribution is 2.34. The highest BCUT2D eigenvalue weighted by atomic mass is 16.5. The molecule has 0 unspecified atom stereocenters. The molecule has 2 aliphatic heterocycles. The van der Waals surface area contributed by atoms with Crippen molar-refractivity contribution in [3.63, 3.8) is 0 Å². The molecule has 1 saturated heterocycles. The summed E-state index contributed by atoms with van der Waals surface area (Å²) >= 11 is 0. The van der Waals surface area contributed by atoms with Crippen LogP contribution in [0.25, 0.3) is 0 Å². The van der Waals surface area contributed by atoms with Crippen molar-refractivity contribution < 1.29 is 19.1 Å². The van der Waals surface area contributed by atoms with Crippen LogP contribution in [0.3, 0.4) is 0 Å². The van der Waals surface area contributed by atoms with Crippen molar-refractivity contribution in [1.82, 2.24) is 20.9 Å². The lowest BCUT2D eigenvalue weighted by Gasteiger charge is -2.34. The zero-order valence-electron chi connectivity index (χ0n) is 15.1. The normalized spacial score (nSPS) is 19.7. The summed E-state index contributed by atoms with van der Waals surface area (Å²) in [6.45, 7) is 6.42. The second kappa shape index (κ2) is 7.94.